The minimum absolute atomic E-state index is 0.0652. The van der Waals surface area contributed by atoms with Crippen LogP contribution in [0, 0.1) is 11.8 Å². The first-order valence-corrected chi connectivity index (χ1v) is 7.07. The molecule has 7 heteroatoms. The van der Waals surface area contributed by atoms with Crippen LogP contribution in [0.5, 0.6) is 0 Å². The molecule has 1 aliphatic heterocycles. The number of aldehydes is 1. The Morgan fingerprint density at radius 2 is 2.17 bits per heavy atom. The second-order valence-electron chi connectivity index (χ2n) is 5.09. The van der Waals surface area contributed by atoms with E-state index in [4.69, 9.17) is 18.6 Å². The van der Waals surface area contributed by atoms with Crippen LogP contribution in [0.3, 0.4) is 0 Å². The molecule has 0 N–H and O–H groups in total. The number of hydrogen-bond donors (Lipinski definition) is 0. The van der Waals surface area contributed by atoms with Crippen molar-refractivity contribution in [3.05, 3.63) is 30.0 Å². The summed E-state index contributed by atoms with van der Waals surface area (Å²) < 4.78 is 20.8. The number of hydrogen-bond acceptors (Lipinski definition) is 7. The van der Waals surface area contributed by atoms with Gasteiger partial charge in [-0.1, -0.05) is 5.92 Å². The zero-order valence-electron chi connectivity index (χ0n) is 13.1. The lowest BCUT2D eigenvalue weighted by Gasteiger charge is -2.15. The van der Waals surface area contributed by atoms with E-state index >= 15 is 0 Å². The van der Waals surface area contributed by atoms with Gasteiger partial charge in [-0.3, -0.25) is 0 Å². The highest BCUT2D eigenvalue weighted by Crippen LogP contribution is 2.27. The van der Waals surface area contributed by atoms with Crippen LogP contribution in [-0.2, 0) is 19.0 Å². The van der Waals surface area contributed by atoms with Crippen molar-refractivity contribution in [2.45, 2.75) is 38.8 Å². The third-order valence-corrected chi connectivity index (χ3v) is 2.83. The van der Waals surface area contributed by atoms with Gasteiger partial charge in [0.1, 0.15) is 18.5 Å². The van der Waals surface area contributed by atoms with Gasteiger partial charge in [0.15, 0.2) is 17.8 Å². The smallest absolute Gasteiger partial charge is 0.360 e. The van der Waals surface area contributed by atoms with Gasteiger partial charge in [-0.15, -0.1) is 0 Å². The summed E-state index contributed by atoms with van der Waals surface area (Å²) in [4.78, 5) is 26.2. The molecule has 122 valence electrons. The third kappa shape index (κ3) is 4.52. The Balaban J connectivity index is 1.98. The zero-order valence-corrected chi connectivity index (χ0v) is 13.1. The van der Waals surface area contributed by atoms with Gasteiger partial charge in [0.2, 0.25) is 0 Å². The van der Waals surface area contributed by atoms with Crippen molar-refractivity contribution in [1.82, 2.24) is 4.98 Å². The Kier molecular flexibility index (Phi) is 5.32. The van der Waals surface area contributed by atoms with Crippen molar-refractivity contribution in [1.29, 1.82) is 0 Å². The molecule has 1 fully saturated rings. The molecule has 0 unspecified atom stereocenters. The van der Waals surface area contributed by atoms with Crippen molar-refractivity contribution in [3.63, 3.8) is 0 Å². The highest BCUT2D eigenvalue weighted by Gasteiger charge is 2.39. The fraction of sp³-hybridized carbons (Fsp3) is 0.438. The van der Waals surface area contributed by atoms with Crippen LogP contribution in [0.1, 0.15) is 37.2 Å². The maximum absolute atomic E-state index is 11.4. The monoisotopic (exact) mass is 319 g/mol. The normalized spacial score (nSPS) is 22.6. The van der Waals surface area contributed by atoms with Crippen LogP contribution in [-0.4, -0.2) is 41.8 Å². The fourth-order valence-electron chi connectivity index (χ4n) is 1.95. The minimum atomic E-state index is -0.814. The Labute approximate surface area is 133 Å². The summed E-state index contributed by atoms with van der Waals surface area (Å²) in [7, 11) is 0. The number of nitrogens with zero attached hydrogens (tertiary/aromatic N) is 1. The first-order chi connectivity index (χ1) is 10.9. The van der Waals surface area contributed by atoms with E-state index in [9.17, 15) is 9.59 Å². The minimum Gasteiger partial charge on any atom is -0.461 e. The van der Waals surface area contributed by atoms with E-state index in [-0.39, 0.29) is 18.2 Å². The van der Waals surface area contributed by atoms with E-state index in [1.807, 2.05) is 0 Å². The van der Waals surface area contributed by atoms with E-state index < -0.39 is 24.0 Å². The Morgan fingerprint density at radius 3 is 2.87 bits per heavy atom. The van der Waals surface area contributed by atoms with Gasteiger partial charge in [-0.25, -0.2) is 4.79 Å². The maximum Gasteiger partial charge on any atom is 0.360 e. The largest absolute Gasteiger partial charge is 0.461 e. The maximum atomic E-state index is 11.4. The summed E-state index contributed by atoms with van der Waals surface area (Å²) in [5.41, 5.74) is 0.0652. The van der Waals surface area contributed by atoms with Crippen LogP contribution in [0.4, 0.5) is 0 Å². The molecule has 1 aromatic rings. The quantitative estimate of drug-likeness (QED) is 0.472. The number of esters is 1. The number of rotatable bonds is 4. The first-order valence-electron chi connectivity index (χ1n) is 7.07. The van der Waals surface area contributed by atoms with E-state index in [1.165, 1.54) is 12.3 Å². The Morgan fingerprint density at radius 1 is 1.43 bits per heavy atom. The molecule has 1 saturated heterocycles. The number of carbonyl (C=O) groups is 2. The first kappa shape index (κ1) is 16.9. The van der Waals surface area contributed by atoms with Crippen LogP contribution >= 0.6 is 0 Å². The molecule has 7 nitrogen and oxygen atoms in total. The number of oxazole rings is 1. The van der Waals surface area contributed by atoms with Gasteiger partial charge in [0.25, 0.3) is 5.89 Å². The molecule has 1 aliphatic rings. The Bertz CT molecular complexity index is 664. The predicted molar refractivity (Wildman–Crippen MR) is 78.4 cm³/mol. The molecule has 1 aromatic heterocycles. The zero-order chi connectivity index (χ0) is 16.9. The third-order valence-electron chi connectivity index (χ3n) is 2.83. The van der Waals surface area contributed by atoms with E-state index in [0.29, 0.717) is 6.29 Å². The van der Waals surface area contributed by atoms with Gasteiger partial charge in [0.05, 0.1) is 6.61 Å². The predicted octanol–water partition coefficient (Wildman–Crippen LogP) is 1.48. The average Bonchev–Trinajstić information content (AvgIpc) is 3.08. The van der Waals surface area contributed by atoms with Crippen LogP contribution < -0.4 is 0 Å². The lowest BCUT2D eigenvalue weighted by Crippen LogP contribution is -2.22. The lowest BCUT2D eigenvalue weighted by molar-refractivity contribution is -0.148. The molecular formula is C16H17NO6. The lowest BCUT2D eigenvalue weighted by atomic mass is 10.2. The van der Waals surface area contributed by atoms with Crippen molar-refractivity contribution in [2.24, 2.45) is 0 Å². The molecule has 0 saturated carbocycles. The summed E-state index contributed by atoms with van der Waals surface area (Å²) in [6.07, 6.45) is 3.84. The highest BCUT2D eigenvalue weighted by atomic mass is 16.8. The van der Waals surface area contributed by atoms with Gasteiger partial charge >= 0.3 is 5.97 Å². The summed E-state index contributed by atoms with van der Waals surface area (Å²) >= 11 is 0. The van der Waals surface area contributed by atoms with Crippen LogP contribution in [0.25, 0.3) is 0 Å². The van der Waals surface area contributed by atoms with Gasteiger partial charge in [0, 0.05) is 0 Å². The molecule has 0 aromatic carbocycles. The molecular weight excluding hydrogens is 302 g/mol. The van der Waals surface area contributed by atoms with Crippen molar-refractivity contribution >= 4 is 12.3 Å². The van der Waals surface area contributed by atoms with Crippen molar-refractivity contribution in [3.8, 4) is 11.8 Å². The number of ether oxygens (including phenoxy) is 3. The molecule has 0 radical (unpaired) electrons. The average molecular weight is 319 g/mol. The molecule has 2 rings (SSSR count). The van der Waals surface area contributed by atoms with Crippen molar-refractivity contribution in [2.75, 3.05) is 6.61 Å². The SMILES string of the molecule is CCOC(=O)c1coc(C#C/C=C/[C@@H]2OC(C)(C)O[C@H]2C=O)n1. The molecule has 2 atom stereocenters. The standard InChI is InChI=1S/C16H17NO6/c1-4-20-15(19)11-10-21-14(17-11)8-6-5-7-12-13(9-18)23-16(2,3)22-12/h5,7,9-10,12-13H,4H2,1-3H3/b7-5+/t12-,13-/m0/s1. The second kappa shape index (κ2) is 7.22. The summed E-state index contributed by atoms with van der Waals surface area (Å²) in [5, 5.41) is 0. The number of aromatic nitrogens is 1. The summed E-state index contributed by atoms with van der Waals surface area (Å²) in [6.45, 7) is 5.42. The Hall–Kier alpha value is -2.43. The van der Waals surface area contributed by atoms with E-state index in [2.05, 4.69) is 16.8 Å². The van der Waals surface area contributed by atoms with Crippen LogP contribution in [0.2, 0.25) is 0 Å². The molecule has 0 aliphatic carbocycles. The van der Waals surface area contributed by atoms with Crippen molar-refractivity contribution < 1.29 is 28.2 Å². The molecule has 0 bridgehead atoms. The molecule has 0 spiro atoms. The second-order valence-corrected chi connectivity index (χ2v) is 5.09. The molecule has 0 amide bonds. The van der Waals surface area contributed by atoms with Gasteiger partial charge < -0.3 is 23.4 Å². The van der Waals surface area contributed by atoms with E-state index in [0.717, 1.165) is 0 Å². The summed E-state index contributed by atoms with van der Waals surface area (Å²) in [6, 6.07) is 0. The van der Waals surface area contributed by atoms with Gasteiger partial charge in [-0.05, 0) is 38.8 Å². The summed E-state index contributed by atoms with van der Waals surface area (Å²) in [5.74, 6) is 4.04. The number of allylic oxidation sites excluding steroid dienone is 1. The molecule has 23 heavy (non-hydrogen) atoms. The van der Waals surface area contributed by atoms with Gasteiger partial charge in [-0.2, -0.15) is 4.98 Å². The topological polar surface area (TPSA) is 87.9 Å². The fourth-order valence-corrected chi connectivity index (χ4v) is 1.95. The molecule has 2 heterocycles. The highest BCUT2D eigenvalue weighted by molar-refractivity contribution is 5.86. The van der Waals surface area contributed by atoms with E-state index in [1.54, 1.807) is 26.8 Å². The number of carbonyl (C=O) groups excluding carboxylic acids is 2. The van der Waals surface area contributed by atoms with Crippen LogP contribution in [0.15, 0.2) is 22.8 Å².